The van der Waals surface area contributed by atoms with Gasteiger partial charge in [-0.2, -0.15) is 0 Å². The summed E-state index contributed by atoms with van der Waals surface area (Å²) in [6.07, 6.45) is 1.91. The summed E-state index contributed by atoms with van der Waals surface area (Å²) in [6, 6.07) is 10.3. The molecule has 1 fully saturated rings. The van der Waals surface area contributed by atoms with Gasteiger partial charge in [-0.3, -0.25) is 14.4 Å². The van der Waals surface area contributed by atoms with E-state index in [0.717, 1.165) is 48.8 Å². The zero-order valence-corrected chi connectivity index (χ0v) is 14.9. The number of amides is 1. The lowest BCUT2D eigenvalue weighted by Gasteiger charge is -2.42. The molecule has 132 valence electrons. The largest absolute Gasteiger partial charge is 0.465 e. The second kappa shape index (κ2) is 7.19. The Hall–Kier alpha value is -2.47. The molecule has 2 aromatic heterocycles. The maximum atomic E-state index is 11.3. The highest BCUT2D eigenvalue weighted by atomic mass is 16.4. The van der Waals surface area contributed by atoms with Crippen molar-refractivity contribution in [2.45, 2.75) is 20.3 Å². The lowest BCUT2D eigenvalue weighted by molar-refractivity contribution is 0.106. The molecule has 0 bridgehead atoms. The van der Waals surface area contributed by atoms with E-state index in [9.17, 15) is 9.90 Å². The standard InChI is InChI=1S/C19H24N4O2/c1-15-6-7-18(20-14-15)23(12-9-22(10-13-23)19(24)25)11-8-17-5-3-4-16(2)21-17/h3-7,14H,8-13H2,1-2H3/p+1. The van der Waals surface area contributed by atoms with Crippen LogP contribution < -0.4 is 4.48 Å². The maximum absolute atomic E-state index is 11.3. The Kier molecular flexibility index (Phi) is 4.99. The molecule has 6 heteroatoms. The number of nitrogens with zero attached hydrogens (tertiary/aromatic N) is 4. The van der Waals surface area contributed by atoms with Crippen LogP contribution >= 0.6 is 0 Å². The third-order valence-corrected chi connectivity index (χ3v) is 4.99. The van der Waals surface area contributed by atoms with Crippen molar-refractivity contribution >= 4 is 11.9 Å². The van der Waals surface area contributed by atoms with Gasteiger partial charge in [0.2, 0.25) is 5.82 Å². The molecular weight excluding hydrogens is 316 g/mol. The minimum atomic E-state index is -0.838. The van der Waals surface area contributed by atoms with Gasteiger partial charge in [-0.1, -0.05) is 12.1 Å². The number of aromatic nitrogens is 2. The van der Waals surface area contributed by atoms with Gasteiger partial charge in [-0.15, -0.1) is 0 Å². The quantitative estimate of drug-likeness (QED) is 0.868. The average molecular weight is 341 g/mol. The summed E-state index contributed by atoms with van der Waals surface area (Å²) in [5, 5.41) is 9.25. The molecule has 0 aromatic carbocycles. The number of piperazine rings is 1. The fourth-order valence-electron chi connectivity index (χ4n) is 3.41. The number of hydrogen-bond donors (Lipinski definition) is 1. The molecule has 0 atom stereocenters. The number of carboxylic acid groups (broad SMARTS) is 1. The van der Waals surface area contributed by atoms with Crippen molar-refractivity contribution in [3.63, 3.8) is 0 Å². The SMILES string of the molecule is Cc1ccc([N+]2(CCc3cccc(C)n3)CCN(C(=O)O)CC2)nc1. The van der Waals surface area contributed by atoms with Crippen molar-refractivity contribution in [2.75, 3.05) is 32.7 Å². The summed E-state index contributed by atoms with van der Waals surface area (Å²) in [4.78, 5) is 22.0. The molecule has 0 unspecified atom stereocenters. The van der Waals surface area contributed by atoms with Gasteiger partial charge in [0.25, 0.3) is 0 Å². The van der Waals surface area contributed by atoms with Crippen LogP contribution in [0.4, 0.5) is 10.6 Å². The first-order valence-electron chi connectivity index (χ1n) is 8.68. The van der Waals surface area contributed by atoms with Crippen LogP contribution in [0.5, 0.6) is 0 Å². The molecule has 25 heavy (non-hydrogen) atoms. The van der Waals surface area contributed by atoms with E-state index in [1.165, 1.54) is 4.90 Å². The number of quaternary nitrogens is 1. The highest BCUT2D eigenvalue weighted by Gasteiger charge is 2.37. The van der Waals surface area contributed by atoms with Crippen molar-refractivity contribution in [3.8, 4) is 0 Å². The van der Waals surface area contributed by atoms with Crippen molar-refractivity contribution < 1.29 is 9.90 Å². The van der Waals surface area contributed by atoms with E-state index in [2.05, 4.69) is 28.2 Å². The van der Waals surface area contributed by atoms with Crippen LogP contribution in [0.15, 0.2) is 36.5 Å². The van der Waals surface area contributed by atoms with Crippen LogP contribution in [0.1, 0.15) is 17.0 Å². The molecule has 1 aliphatic rings. The minimum Gasteiger partial charge on any atom is -0.465 e. The Morgan fingerprint density at radius 1 is 1.20 bits per heavy atom. The fourth-order valence-corrected chi connectivity index (χ4v) is 3.41. The first kappa shape index (κ1) is 17.4. The van der Waals surface area contributed by atoms with Crippen LogP contribution in [-0.2, 0) is 6.42 Å². The molecule has 6 nitrogen and oxygen atoms in total. The van der Waals surface area contributed by atoms with Gasteiger partial charge in [0.05, 0.1) is 19.6 Å². The first-order chi connectivity index (χ1) is 12.0. The first-order valence-corrected chi connectivity index (χ1v) is 8.68. The molecule has 1 amide bonds. The van der Waals surface area contributed by atoms with Crippen LogP contribution in [0, 0.1) is 13.8 Å². The summed E-state index contributed by atoms with van der Waals surface area (Å²) in [5.41, 5.74) is 3.23. The highest BCUT2D eigenvalue weighted by Crippen LogP contribution is 2.24. The predicted molar refractivity (Wildman–Crippen MR) is 97.6 cm³/mol. The topological polar surface area (TPSA) is 66.3 Å². The molecule has 3 rings (SSSR count). The highest BCUT2D eigenvalue weighted by molar-refractivity contribution is 5.65. The molecule has 1 saturated heterocycles. The number of pyridine rings is 2. The maximum Gasteiger partial charge on any atom is 0.407 e. The van der Waals surface area contributed by atoms with Crippen LogP contribution in [-0.4, -0.2) is 58.8 Å². The summed E-state index contributed by atoms with van der Waals surface area (Å²) in [5.74, 6) is 1.02. The van der Waals surface area contributed by atoms with E-state index in [0.29, 0.717) is 17.6 Å². The molecule has 0 aliphatic carbocycles. The van der Waals surface area contributed by atoms with Crippen LogP contribution in [0.2, 0.25) is 0 Å². The van der Waals surface area contributed by atoms with Gasteiger partial charge in [-0.05, 0) is 31.5 Å². The molecule has 2 aromatic rings. The third kappa shape index (κ3) is 3.96. The second-order valence-electron chi connectivity index (χ2n) is 6.80. The lowest BCUT2D eigenvalue weighted by Crippen LogP contribution is -2.62. The number of aryl methyl sites for hydroxylation is 2. The number of carbonyl (C=O) groups is 1. The Labute approximate surface area is 148 Å². The van der Waals surface area contributed by atoms with Crippen molar-refractivity contribution in [2.24, 2.45) is 0 Å². The molecule has 3 heterocycles. The predicted octanol–water partition coefficient (Wildman–Crippen LogP) is 2.64. The van der Waals surface area contributed by atoms with E-state index in [1.54, 1.807) is 0 Å². The molecule has 1 aliphatic heterocycles. The average Bonchev–Trinajstić information content (AvgIpc) is 2.61. The van der Waals surface area contributed by atoms with E-state index in [4.69, 9.17) is 0 Å². The number of rotatable bonds is 4. The molecular formula is C19H25N4O2+. The molecule has 0 saturated carbocycles. The Balaban J connectivity index is 1.82. The monoisotopic (exact) mass is 341 g/mol. The van der Waals surface area contributed by atoms with E-state index < -0.39 is 6.09 Å². The normalized spacial score (nSPS) is 16.6. The van der Waals surface area contributed by atoms with Gasteiger partial charge in [0.1, 0.15) is 13.1 Å². The van der Waals surface area contributed by atoms with E-state index >= 15 is 0 Å². The van der Waals surface area contributed by atoms with Crippen molar-refractivity contribution in [1.29, 1.82) is 0 Å². The Morgan fingerprint density at radius 2 is 1.96 bits per heavy atom. The third-order valence-electron chi connectivity index (χ3n) is 4.99. The van der Waals surface area contributed by atoms with Gasteiger partial charge in [0, 0.05) is 30.1 Å². The lowest BCUT2D eigenvalue weighted by atomic mass is 10.1. The molecule has 0 spiro atoms. The zero-order valence-electron chi connectivity index (χ0n) is 14.9. The van der Waals surface area contributed by atoms with Crippen LogP contribution in [0.3, 0.4) is 0 Å². The summed E-state index contributed by atoms with van der Waals surface area (Å²) in [6.45, 7) is 7.46. The van der Waals surface area contributed by atoms with Gasteiger partial charge >= 0.3 is 6.09 Å². The zero-order chi connectivity index (χ0) is 17.9. The summed E-state index contributed by atoms with van der Waals surface area (Å²) >= 11 is 0. The Morgan fingerprint density at radius 3 is 2.56 bits per heavy atom. The fraction of sp³-hybridized carbons (Fsp3) is 0.421. The van der Waals surface area contributed by atoms with E-state index in [1.807, 2.05) is 32.2 Å². The smallest absolute Gasteiger partial charge is 0.407 e. The minimum absolute atomic E-state index is 0.534. The van der Waals surface area contributed by atoms with Gasteiger partial charge < -0.3 is 5.11 Å². The van der Waals surface area contributed by atoms with Crippen LogP contribution in [0.25, 0.3) is 0 Å². The molecule has 0 radical (unpaired) electrons. The van der Waals surface area contributed by atoms with Crippen molar-refractivity contribution in [1.82, 2.24) is 19.4 Å². The van der Waals surface area contributed by atoms with E-state index in [-0.39, 0.29) is 0 Å². The summed E-state index contributed by atoms with van der Waals surface area (Å²) < 4.78 is 0.708. The Bertz CT molecular complexity index is 737. The second-order valence-corrected chi connectivity index (χ2v) is 6.80. The van der Waals surface area contributed by atoms with Gasteiger partial charge in [-0.25, -0.2) is 9.78 Å². The van der Waals surface area contributed by atoms with Crippen molar-refractivity contribution in [3.05, 3.63) is 53.5 Å². The summed E-state index contributed by atoms with van der Waals surface area (Å²) in [7, 11) is 0. The number of hydrogen-bond acceptors (Lipinski definition) is 3. The van der Waals surface area contributed by atoms with Gasteiger partial charge in [0.15, 0.2) is 0 Å². The molecule has 1 N–H and O–H groups in total.